The first-order chi connectivity index (χ1) is 16.4. The van der Waals surface area contributed by atoms with E-state index in [2.05, 4.69) is 0 Å². The molecule has 2 unspecified atom stereocenters. The van der Waals surface area contributed by atoms with Crippen LogP contribution in [0.2, 0.25) is 0 Å². The van der Waals surface area contributed by atoms with E-state index >= 15 is 0 Å². The number of phenolic OH excluding ortho intramolecular Hbond substituents is 1. The molecule has 1 aliphatic carbocycles. The van der Waals surface area contributed by atoms with Crippen molar-refractivity contribution in [3.63, 3.8) is 0 Å². The van der Waals surface area contributed by atoms with E-state index in [4.69, 9.17) is 23.7 Å². The van der Waals surface area contributed by atoms with Crippen LogP contribution in [-0.2, 0) is 14.2 Å². The maximum atomic E-state index is 13.4. The molecule has 2 aromatic rings. The van der Waals surface area contributed by atoms with E-state index in [0.29, 0.717) is 29.0 Å². The van der Waals surface area contributed by atoms with Gasteiger partial charge < -0.3 is 28.8 Å². The predicted octanol–water partition coefficient (Wildman–Crippen LogP) is 5.51. The number of hydrogen-bond donors (Lipinski definition) is 1. The zero-order chi connectivity index (χ0) is 24.7. The zero-order valence-corrected chi connectivity index (χ0v) is 20.1. The number of rotatable bonds is 10. The van der Waals surface area contributed by atoms with Crippen LogP contribution in [0.5, 0.6) is 17.2 Å². The number of halogens is 1. The molecule has 0 bridgehead atoms. The Kier molecular flexibility index (Phi) is 8.87. The highest BCUT2D eigenvalue weighted by Crippen LogP contribution is 2.48. The van der Waals surface area contributed by atoms with Crippen LogP contribution in [0.4, 0.5) is 4.39 Å². The lowest BCUT2D eigenvalue weighted by Gasteiger charge is -2.27. The fraction of sp³-hybridized carbons (Fsp3) is 0.333. The highest BCUT2D eigenvalue weighted by Gasteiger charge is 2.27. The van der Waals surface area contributed by atoms with Crippen LogP contribution >= 0.6 is 0 Å². The van der Waals surface area contributed by atoms with Crippen LogP contribution in [0.3, 0.4) is 0 Å². The minimum Gasteiger partial charge on any atom is -0.504 e. The Morgan fingerprint density at radius 2 is 1.76 bits per heavy atom. The molecule has 182 valence electrons. The van der Waals surface area contributed by atoms with Crippen molar-refractivity contribution in [3.05, 3.63) is 71.6 Å². The molecule has 0 radical (unpaired) electrons. The highest BCUT2D eigenvalue weighted by atomic mass is 19.1. The van der Waals surface area contributed by atoms with Crippen LogP contribution in [0, 0.1) is 5.82 Å². The summed E-state index contributed by atoms with van der Waals surface area (Å²) in [7, 11) is 4.56. The van der Waals surface area contributed by atoms with E-state index in [0.717, 1.165) is 5.57 Å². The highest BCUT2D eigenvalue weighted by molar-refractivity contribution is 5.88. The Morgan fingerprint density at radius 1 is 1.03 bits per heavy atom. The average molecular weight is 471 g/mol. The Morgan fingerprint density at radius 3 is 2.38 bits per heavy atom. The smallest absolute Gasteiger partial charge is 0.170 e. The summed E-state index contributed by atoms with van der Waals surface area (Å²) in [6.07, 6.45) is 6.98. The molecule has 7 heteroatoms. The minimum absolute atomic E-state index is 0.0972. The van der Waals surface area contributed by atoms with E-state index in [-0.39, 0.29) is 30.2 Å². The lowest BCUT2D eigenvalue weighted by atomic mass is 9.92. The van der Waals surface area contributed by atoms with Crippen LogP contribution in [0.25, 0.3) is 16.7 Å². The lowest BCUT2D eigenvalue weighted by molar-refractivity contribution is -0.0948. The van der Waals surface area contributed by atoms with Crippen LogP contribution < -0.4 is 9.47 Å². The topological polar surface area (TPSA) is 66.4 Å². The van der Waals surface area contributed by atoms with Gasteiger partial charge in [-0.3, -0.25) is 0 Å². The Labute approximate surface area is 199 Å². The summed E-state index contributed by atoms with van der Waals surface area (Å²) in [6.45, 7) is 4.58. The third-order valence-electron chi connectivity index (χ3n) is 5.38. The summed E-state index contributed by atoms with van der Waals surface area (Å²) in [5, 5.41) is 11.1. The van der Waals surface area contributed by atoms with Gasteiger partial charge in [0, 0.05) is 12.7 Å². The number of phenols is 1. The quantitative estimate of drug-likeness (QED) is 0.365. The van der Waals surface area contributed by atoms with E-state index in [1.165, 1.54) is 31.9 Å². The largest absolute Gasteiger partial charge is 0.504 e. The fourth-order valence-corrected chi connectivity index (χ4v) is 3.68. The second-order valence-corrected chi connectivity index (χ2v) is 7.99. The van der Waals surface area contributed by atoms with Gasteiger partial charge in [-0.05, 0) is 49.3 Å². The summed E-state index contributed by atoms with van der Waals surface area (Å²) < 4.78 is 41.5. The summed E-state index contributed by atoms with van der Waals surface area (Å²) >= 11 is 0. The maximum Gasteiger partial charge on any atom is 0.170 e. The standard InChI is InChI=1S/C27H31FO6/c1-17(2)12-13-33-22-11-8-19(14-23(22)34-16-30-3)21-15-24(31-4)25(26(29)27(21)32-5)18-6-9-20(28)10-7-18/h6-12,14-15,22-23,29H,13,16H2,1-5H3. The summed E-state index contributed by atoms with van der Waals surface area (Å²) in [6, 6.07) is 7.59. The molecule has 0 amide bonds. The normalized spacial score (nSPS) is 17.3. The van der Waals surface area contributed by atoms with Crippen LogP contribution in [0.15, 0.2) is 60.2 Å². The van der Waals surface area contributed by atoms with Gasteiger partial charge in [-0.15, -0.1) is 0 Å². The van der Waals surface area contributed by atoms with Crippen molar-refractivity contribution < 1.29 is 33.2 Å². The second kappa shape index (κ2) is 11.8. The first-order valence-electron chi connectivity index (χ1n) is 10.9. The minimum atomic E-state index is -0.417. The van der Waals surface area contributed by atoms with Crippen molar-refractivity contribution in [2.24, 2.45) is 0 Å². The molecular weight excluding hydrogens is 439 g/mol. The average Bonchev–Trinajstić information content (AvgIpc) is 2.83. The first kappa shape index (κ1) is 25.5. The molecule has 6 nitrogen and oxygen atoms in total. The molecule has 3 rings (SSSR count). The maximum absolute atomic E-state index is 13.4. The van der Waals surface area contributed by atoms with E-state index < -0.39 is 6.10 Å². The molecule has 1 aliphatic rings. The van der Waals surface area contributed by atoms with Gasteiger partial charge in [0.15, 0.2) is 11.5 Å². The lowest BCUT2D eigenvalue weighted by Crippen LogP contribution is -2.31. The van der Waals surface area contributed by atoms with Gasteiger partial charge in [-0.25, -0.2) is 4.39 Å². The van der Waals surface area contributed by atoms with Crippen molar-refractivity contribution in [2.75, 3.05) is 34.7 Å². The zero-order valence-electron chi connectivity index (χ0n) is 20.1. The van der Waals surface area contributed by atoms with Gasteiger partial charge in [-0.2, -0.15) is 0 Å². The Hall–Kier alpha value is -3.13. The van der Waals surface area contributed by atoms with Gasteiger partial charge in [-0.1, -0.05) is 35.9 Å². The number of benzene rings is 2. The summed E-state index contributed by atoms with van der Waals surface area (Å²) in [4.78, 5) is 0. The number of aromatic hydroxyl groups is 1. The molecule has 0 saturated carbocycles. The summed E-state index contributed by atoms with van der Waals surface area (Å²) in [5.74, 6) is 0.219. The molecule has 2 atom stereocenters. The first-order valence-corrected chi connectivity index (χ1v) is 10.9. The van der Waals surface area contributed by atoms with Crippen molar-refractivity contribution in [1.29, 1.82) is 0 Å². The van der Waals surface area contributed by atoms with Gasteiger partial charge >= 0.3 is 0 Å². The molecule has 0 spiro atoms. The number of ether oxygens (including phenoxy) is 5. The van der Waals surface area contributed by atoms with Crippen LogP contribution in [-0.4, -0.2) is 52.0 Å². The van der Waals surface area contributed by atoms with Gasteiger partial charge in [0.1, 0.15) is 30.6 Å². The van der Waals surface area contributed by atoms with E-state index in [1.54, 1.807) is 25.3 Å². The van der Waals surface area contributed by atoms with Crippen molar-refractivity contribution in [3.8, 4) is 28.4 Å². The monoisotopic (exact) mass is 470 g/mol. The Bertz CT molecular complexity index is 1070. The van der Waals surface area contributed by atoms with Crippen molar-refractivity contribution >= 4 is 5.57 Å². The number of allylic oxidation sites excluding steroid dienone is 3. The molecule has 2 aromatic carbocycles. The fourth-order valence-electron chi connectivity index (χ4n) is 3.68. The van der Waals surface area contributed by atoms with Crippen molar-refractivity contribution in [2.45, 2.75) is 26.1 Å². The molecule has 1 N–H and O–H groups in total. The van der Waals surface area contributed by atoms with Crippen LogP contribution in [0.1, 0.15) is 19.4 Å². The SMILES string of the molecule is COCOC1C=C(c2cc(OC)c(-c3ccc(F)cc3)c(O)c2OC)C=CC1OCC=C(C)C. The molecule has 34 heavy (non-hydrogen) atoms. The predicted molar refractivity (Wildman–Crippen MR) is 130 cm³/mol. The number of hydrogen-bond acceptors (Lipinski definition) is 6. The van der Waals surface area contributed by atoms with Gasteiger partial charge in [0.2, 0.25) is 0 Å². The van der Waals surface area contributed by atoms with E-state index in [9.17, 15) is 9.50 Å². The molecule has 0 aromatic heterocycles. The van der Waals surface area contributed by atoms with Crippen molar-refractivity contribution in [1.82, 2.24) is 0 Å². The van der Waals surface area contributed by atoms with Gasteiger partial charge in [0.25, 0.3) is 0 Å². The van der Waals surface area contributed by atoms with E-state index in [1.807, 2.05) is 38.2 Å². The number of methoxy groups -OCH3 is 3. The molecule has 0 saturated heterocycles. The third kappa shape index (κ3) is 5.86. The summed E-state index contributed by atoms with van der Waals surface area (Å²) in [5.41, 5.74) is 3.56. The second-order valence-electron chi connectivity index (χ2n) is 7.99. The van der Waals surface area contributed by atoms with Gasteiger partial charge in [0.05, 0.1) is 26.4 Å². The third-order valence-corrected chi connectivity index (χ3v) is 5.38. The molecular formula is C27H31FO6. The molecule has 0 heterocycles. The molecule has 0 aliphatic heterocycles. The Balaban J connectivity index is 2.03. The molecule has 0 fully saturated rings.